The highest BCUT2D eigenvalue weighted by atomic mass is 15.5. The van der Waals surface area contributed by atoms with E-state index in [0.29, 0.717) is 23.7 Å². The van der Waals surface area contributed by atoms with Crippen molar-refractivity contribution in [3.63, 3.8) is 0 Å². The summed E-state index contributed by atoms with van der Waals surface area (Å²) in [6.45, 7) is 50.7. The molecule has 0 spiro atoms. The smallest absolute Gasteiger partial charge is 0.166 e. The first-order valence-electron chi connectivity index (χ1n) is 29.8. The number of hydrogen-bond donors (Lipinski definition) is 0. The largest absolute Gasteiger partial charge is 0.291 e. The first-order valence-corrected chi connectivity index (χ1v) is 29.8. The second-order valence-electron chi connectivity index (χ2n) is 27.9. The van der Waals surface area contributed by atoms with Gasteiger partial charge in [0.2, 0.25) is 0 Å². The van der Waals surface area contributed by atoms with E-state index in [2.05, 4.69) is 257 Å². The first kappa shape index (κ1) is 58.1. The monoisotopic (exact) mass is 1050 g/mol. The lowest BCUT2D eigenvalue weighted by Gasteiger charge is -2.35. The minimum absolute atomic E-state index is 0.128. The second-order valence-corrected chi connectivity index (χ2v) is 27.9. The third kappa shape index (κ3) is 12.4. The zero-order valence-corrected chi connectivity index (χ0v) is 52.1. The summed E-state index contributed by atoms with van der Waals surface area (Å²) in [4.78, 5) is 32.2. The van der Waals surface area contributed by atoms with Crippen LogP contribution in [0.2, 0.25) is 0 Å². The lowest BCUT2D eigenvalue weighted by molar-refractivity contribution is 0.590. The molecule has 6 heterocycles. The highest BCUT2D eigenvalue weighted by Gasteiger charge is 2.46. The van der Waals surface area contributed by atoms with Gasteiger partial charge in [-0.25, -0.2) is 0 Å². The summed E-state index contributed by atoms with van der Waals surface area (Å²) in [5, 5.41) is 0. The summed E-state index contributed by atoms with van der Waals surface area (Å²) in [5.41, 5.74) is 20.0. The predicted molar refractivity (Wildman–Crippen MR) is 333 cm³/mol. The number of pyridine rings is 4. The first-order chi connectivity index (χ1) is 36.5. The Morgan fingerprint density at radius 1 is 0.308 bits per heavy atom. The highest BCUT2D eigenvalue weighted by Crippen LogP contribution is 2.59. The normalized spacial score (nSPS) is 15.2. The van der Waals surface area contributed by atoms with Crippen molar-refractivity contribution < 1.29 is 0 Å². The maximum Gasteiger partial charge on any atom is 0.166 e. The van der Waals surface area contributed by atoms with Gasteiger partial charge in [0, 0.05) is 45.6 Å². The summed E-state index contributed by atoms with van der Waals surface area (Å²) in [6.07, 6.45) is 3.47. The molecule has 416 valence electrons. The average Bonchev–Trinajstić information content (AvgIpc) is 4.10. The minimum Gasteiger partial charge on any atom is -0.291 e. The highest BCUT2D eigenvalue weighted by molar-refractivity contribution is 6.00. The summed E-state index contributed by atoms with van der Waals surface area (Å²) in [5.74, 6) is 4.58. The van der Waals surface area contributed by atoms with Crippen LogP contribution < -0.4 is 19.6 Å². The van der Waals surface area contributed by atoms with Crippen LogP contribution in [0.25, 0.3) is 0 Å². The SMILES string of the molecule is CC(C)Cc1cc(N2/C(=C3/N(c4cc(CC(C)C)nc(C(C)C)c4)c4ccc(C(C)(C)C)cc4N3c3cc(CC(C)C)nc(C(C)C)c3)N(c3cc(CC(C)C)nc(C(C)C)c3)c3cc(C(C)(C)C)ccc32)cc(C(C)C)n1. The number of rotatable bonds is 16. The van der Waals surface area contributed by atoms with Crippen molar-refractivity contribution in [2.75, 3.05) is 19.6 Å². The van der Waals surface area contributed by atoms with Gasteiger partial charge in [0.25, 0.3) is 0 Å². The molecule has 8 nitrogen and oxygen atoms in total. The van der Waals surface area contributed by atoms with Crippen LogP contribution in [0.4, 0.5) is 45.5 Å². The minimum atomic E-state index is -0.128. The van der Waals surface area contributed by atoms with Crippen LogP contribution in [0.15, 0.2) is 96.6 Å². The molecular formula is C70H96N8. The maximum absolute atomic E-state index is 5.44. The molecule has 0 N–H and O–H groups in total. The molecule has 0 amide bonds. The Hall–Kier alpha value is -6.02. The van der Waals surface area contributed by atoms with Crippen LogP contribution in [0.1, 0.15) is 233 Å². The van der Waals surface area contributed by atoms with E-state index in [1.165, 1.54) is 11.1 Å². The second kappa shape index (κ2) is 22.6. The number of hydrogen-bond acceptors (Lipinski definition) is 8. The van der Waals surface area contributed by atoms with Gasteiger partial charge in [0.15, 0.2) is 11.6 Å². The Kier molecular flexibility index (Phi) is 16.9. The molecule has 0 radical (unpaired) electrons. The summed E-state index contributed by atoms with van der Waals surface area (Å²) in [7, 11) is 0. The Morgan fingerprint density at radius 2 is 0.538 bits per heavy atom. The van der Waals surface area contributed by atoms with E-state index in [0.717, 1.165) is 128 Å². The zero-order chi connectivity index (χ0) is 57.0. The van der Waals surface area contributed by atoms with Crippen molar-refractivity contribution in [1.29, 1.82) is 0 Å². The van der Waals surface area contributed by atoms with Gasteiger partial charge in [-0.2, -0.15) is 0 Å². The molecule has 6 aromatic rings. The average molecular weight is 1050 g/mol. The standard InChI is InChI=1S/C70H96N8/c1-41(2)27-51-33-55(37-59(71-51)45(9)10)75-63-25-23-49(69(17,18)19)31-65(63)77(57-35-53(29-43(5)6)73-61(39-57)47(13)14)67(75)68-76(56-34-52(28-42(3)4)72-60(38-56)46(11)12)64-26-24-50(70(20,21)22)32-66(64)78(68)58-36-54(30-44(7)8)74-62(40-58)48(15)16/h23-26,31-48H,27-30H2,1-22H3/b68-67+. The van der Waals surface area contributed by atoms with E-state index < -0.39 is 0 Å². The molecule has 8 heteroatoms. The van der Waals surface area contributed by atoms with Crippen LogP contribution in [-0.2, 0) is 36.5 Å². The van der Waals surface area contributed by atoms with E-state index in [1.54, 1.807) is 0 Å². The van der Waals surface area contributed by atoms with Gasteiger partial charge in [-0.05, 0) is 168 Å². The molecule has 4 aromatic heterocycles. The van der Waals surface area contributed by atoms with Gasteiger partial charge in [-0.1, -0.05) is 164 Å². The molecule has 0 saturated heterocycles. The molecule has 78 heavy (non-hydrogen) atoms. The van der Waals surface area contributed by atoms with Gasteiger partial charge < -0.3 is 0 Å². The van der Waals surface area contributed by atoms with Gasteiger partial charge in [-0.3, -0.25) is 39.5 Å². The third-order valence-corrected chi connectivity index (χ3v) is 15.1. The van der Waals surface area contributed by atoms with Crippen LogP contribution >= 0.6 is 0 Å². The predicted octanol–water partition coefficient (Wildman–Crippen LogP) is 19.6. The van der Waals surface area contributed by atoms with Crippen molar-refractivity contribution in [2.24, 2.45) is 23.7 Å². The third-order valence-electron chi connectivity index (χ3n) is 15.1. The van der Waals surface area contributed by atoms with Crippen LogP contribution in [0.5, 0.6) is 0 Å². The molecule has 0 saturated carbocycles. The zero-order valence-electron chi connectivity index (χ0n) is 52.1. The van der Waals surface area contributed by atoms with Crippen molar-refractivity contribution in [3.05, 3.63) is 153 Å². The quantitative estimate of drug-likeness (QED) is 0.0950. The number of aromatic nitrogens is 4. The van der Waals surface area contributed by atoms with E-state index in [-0.39, 0.29) is 34.5 Å². The Labute approximate surface area is 472 Å². The fourth-order valence-electron chi connectivity index (χ4n) is 11.0. The fourth-order valence-corrected chi connectivity index (χ4v) is 11.0. The molecule has 2 aliphatic rings. The summed E-state index contributed by atoms with van der Waals surface area (Å²) < 4.78 is 0. The van der Waals surface area contributed by atoms with Gasteiger partial charge in [0.1, 0.15) is 0 Å². The number of benzene rings is 2. The molecule has 0 bridgehead atoms. The number of anilines is 8. The molecular weight excluding hydrogens is 953 g/mol. The van der Waals surface area contributed by atoms with E-state index in [9.17, 15) is 0 Å². The van der Waals surface area contributed by atoms with Crippen molar-refractivity contribution in [2.45, 2.75) is 213 Å². The molecule has 8 rings (SSSR count). The van der Waals surface area contributed by atoms with E-state index in [4.69, 9.17) is 19.9 Å². The van der Waals surface area contributed by atoms with Crippen molar-refractivity contribution in [1.82, 2.24) is 19.9 Å². The summed E-state index contributed by atoms with van der Waals surface area (Å²) in [6, 6.07) is 33.6. The number of nitrogens with zero attached hydrogens (tertiary/aromatic N) is 8. The van der Waals surface area contributed by atoms with Gasteiger partial charge >= 0.3 is 0 Å². The maximum atomic E-state index is 5.44. The molecule has 0 atom stereocenters. The Balaban J connectivity index is 1.68. The Bertz CT molecular complexity index is 2940. The molecule has 0 fully saturated rings. The van der Waals surface area contributed by atoms with Gasteiger partial charge in [0.05, 0.1) is 45.5 Å². The van der Waals surface area contributed by atoms with Crippen molar-refractivity contribution in [3.8, 4) is 0 Å². The van der Waals surface area contributed by atoms with E-state index in [1.807, 2.05) is 0 Å². The lowest BCUT2D eigenvalue weighted by atomic mass is 9.86. The van der Waals surface area contributed by atoms with E-state index >= 15 is 0 Å². The summed E-state index contributed by atoms with van der Waals surface area (Å²) >= 11 is 0. The number of fused-ring (bicyclic) bond motifs is 2. The lowest BCUT2D eigenvalue weighted by Crippen LogP contribution is -2.34. The van der Waals surface area contributed by atoms with Crippen LogP contribution in [-0.4, -0.2) is 19.9 Å². The molecule has 0 unspecified atom stereocenters. The molecule has 2 aromatic carbocycles. The van der Waals surface area contributed by atoms with Crippen LogP contribution in [0, 0.1) is 23.7 Å². The van der Waals surface area contributed by atoms with Crippen molar-refractivity contribution >= 4 is 45.5 Å². The molecule has 2 aliphatic heterocycles. The fraction of sp³-hybridized carbons (Fsp3) is 0.514. The molecule has 0 aliphatic carbocycles. The van der Waals surface area contributed by atoms with Crippen LogP contribution in [0.3, 0.4) is 0 Å². The van der Waals surface area contributed by atoms with Gasteiger partial charge in [-0.15, -0.1) is 0 Å². The topological polar surface area (TPSA) is 64.5 Å². The Morgan fingerprint density at radius 3 is 0.744 bits per heavy atom.